The molecule has 1 aliphatic rings. The number of carbonyl (C=O) groups excluding carboxylic acids is 1. The Balaban J connectivity index is 2.14. The molecular weight excluding hydrogens is 278 g/mol. The van der Waals surface area contributed by atoms with Crippen molar-refractivity contribution in [1.29, 1.82) is 0 Å². The zero-order valence-electron chi connectivity index (χ0n) is 11.5. The van der Waals surface area contributed by atoms with Crippen molar-refractivity contribution in [3.8, 4) is 0 Å². The SMILES string of the molecule is CCC1OCCC1CNc1c(Cl)cc(N)cc1C(N)=O. The summed E-state index contributed by atoms with van der Waals surface area (Å²) in [6.07, 6.45) is 2.24. The predicted molar refractivity (Wildman–Crippen MR) is 81.0 cm³/mol. The lowest BCUT2D eigenvalue weighted by atomic mass is 9.99. The average molecular weight is 298 g/mol. The minimum absolute atomic E-state index is 0.257. The molecule has 0 aromatic heterocycles. The van der Waals surface area contributed by atoms with Crippen LogP contribution in [-0.4, -0.2) is 25.2 Å². The van der Waals surface area contributed by atoms with Crippen molar-refractivity contribution in [1.82, 2.24) is 0 Å². The third-order valence-corrected chi connectivity index (χ3v) is 3.97. The van der Waals surface area contributed by atoms with Gasteiger partial charge in [0.25, 0.3) is 5.91 Å². The summed E-state index contributed by atoms with van der Waals surface area (Å²) in [6, 6.07) is 3.15. The molecule has 6 heteroatoms. The van der Waals surface area contributed by atoms with Gasteiger partial charge in [-0.05, 0) is 25.0 Å². The third-order valence-electron chi connectivity index (χ3n) is 3.67. The highest BCUT2D eigenvalue weighted by atomic mass is 35.5. The minimum atomic E-state index is -0.545. The zero-order valence-corrected chi connectivity index (χ0v) is 12.2. The second-order valence-corrected chi connectivity index (χ2v) is 5.44. The lowest BCUT2D eigenvalue weighted by Gasteiger charge is -2.19. The number of primary amides is 1. The summed E-state index contributed by atoms with van der Waals surface area (Å²) in [4.78, 5) is 11.5. The fourth-order valence-electron chi connectivity index (χ4n) is 2.61. The Labute approximate surface area is 123 Å². The number of hydrogen-bond acceptors (Lipinski definition) is 4. The second kappa shape index (κ2) is 6.33. The van der Waals surface area contributed by atoms with Crippen molar-refractivity contribution in [2.24, 2.45) is 11.7 Å². The van der Waals surface area contributed by atoms with E-state index < -0.39 is 5.91 Å². The maximum atomic E-state index is 11.5. The van der Waals surface area contributed by atoms with Crippen LogP contribution in [-0.2, 0) is 4.74 Å². The van der Waals surface area contributed by atoms with Gasteiger partial charge in [0.15, 0.2) is 0 Å². The van der Waals surface area contributed by atoms with Gasteiger partial charge in [-0.15, -0.1) is 0 Å². The molecule has 0 bridgehead atoms. The Morgan fingerprint density at radius 2 is 2.30 bits per heavy atom. The van der Waals surface area contributed by atoms with E-state index in [1.165, 1.54) is 0 Å². The van der Waals surface area contributed by atoms with E-state index in [1.54, 1.807) is 12.1 Å². The van der Waals surface area contributed by atoms with E-state index in [-0.39, 0.29) is 6.10 Å². The van der Waals surface area contributed by atoms with Crippen molar-refractivity contribution >= 4 is 28.9 Å². The number of anilines is 2. The van der Waals surface area contributed by atoms with Gasteiger partial charge in [0, 0.05) is 24.8 Å². The highest BCUT2D eigenvalue weighted by Gasteiger charge is 2.27. The number of rotatable bonds is 5. The molecule has 1 fully saturated rings. The first-order chi connectivity index (χ1) is 9.52. The topological polar surface area (TPSA) is 90.4 Å². The van der Waals surface area contributed by atoms with Gasteiger partial charge in [0.1, 0.15) is 0 Å². The molecule has 0 spiro atoms. The van der Waals surface area contributed by atoms with E-state index in [1.807, 2.05) is 0 Å². The first-order valence-electron chi connectivity index (χ1n) is 6.77. The van der Waals surface area contributed by atoms with E-state index >= 15 is 0 Å². The van der Waals surface area contributed by atoms with Crippen molar-refractivity contribution < 1.29 is 9.53 Å². The quantitative estimate of drug-likeness (QED) is 0.727. The lowest BCUT2D eigenvalue weighted by molar-refractivity contribution is 0.0900. The molecule has 1 aromatic rings. The molecule has 0 saturated carbocycles. The number of nitrogens with two attached hydrogens (primary N) is 2. The molecule has 20 heavy (non-hydrogen) atoms. The molecule has 5 nitrogen and oxygen atoms in total. The lowest BCUT2D eigenvalue weighted by Crippen LogP contribution is -2.24. The summed E-state index contributed by atoms with van der Waals surface area (Å²) in [7, 11) is 0. The van der Waals surface area contributed by atoms with Crippen LogP contribution < -0.4 is 16.8 Å². The Bertz CT molecular complexity index is 507. The summed E-state index contributed by atoms with van der Waals surface area (Å²) in [5.74, 6) is -0.134. The van der Waals surface area contributed by atoms with Crippen molar-refractivity contribution in [2.45, 2.75) is 25.9 Å². The van der Waals surface area contributed by atoms with Gasteiger partial charge in [0.2, 0.25) is 0 Å². The van der Waals surface area contributed by atoms with Gasteiger partial charge >= 0.3 is 0 Å². The van der Waals surface area contributed by atoms with Crippen LogP contribution in [0.3, 0.4) is 0 Å². The first-order valence-corrected chi connectivity index (χ1v) is 7.15. The first kappa shape index (κ1) is 14.9. The number of amides is 1. The molecular formula is C14H20ClN3O2. The summed E-state index contributed by atoms with van der Waals surface area (Å²) in [5.41, 5.74) is 12.4. The van der Waals surface area contributed by atoms with Crippen LogP contribution in [0, 0.1) is 5.92 Å². The normalized spacial score (nSPS) is 21.9. The van der Waals surface area contributed by atoms with Crippen LogP contribution in [0.25, 0.3) is 0 Å². The van der Waals surface area contributed by atoms with Crippen molar-refractivity contribution in [3.63, 3.8) is 0 Å². The molecule has 0 aliphatic carbocycles. The average Bonchev–Trinajstić information content (AvgIpc) is 2.84. The number of hydrogen-bond donors (Lipinski definition) is 3. The Kier molecular flexibility index (Phi) is 4.73. The van der Waals surface area contributed by atoms with Crippen LogP contribution in [0.5, 0.6) is 0 Å². The van der Waals surface area contributed by atoms with E-state index in [9.17, 15) is 4.79 Å². The van der Waals surface area contributed by atoms with Crippen LogP contribution in [0.15, 0.2) is 12.1 Å². The van der Waals surface area contributed by atoms with Crippen molar-refractivity contribution in [3.05, 3.63) is 22.7 Å². The van der Waals surface area contributed by atoms with E-state index in [4.69, 9.17) is 27.8 Å². The van der Waals surface area contributed by atoms with Gasteiger partial charge in [-0.1, -0.05) is 18.5 Å². The smallest absolute Gasteiger partial charge is 0.250 e. The highest BCUT2D eigenvalue weighted by Crippen LogP contribution is 2.31. The fourth-order valence-corrected chi connectivity index (χ4v) is 2.91. The molecule has 5 N–H and O–H groups in total. The summed E-state index contributed by atoms with van der Waals surface area (Å²) in [5, 5.41) is 3.64. The largest absolute Gasteiger partial charge is 0.399 e. The molecule has 2 atom stereocenters. The molecule has 1 saturated heterocycles. The Morgan fingerprint density at radius 1 is 1.55 bits per heavy atom. The summed E-state index contributed by atoms with van der Waals surface area (Å²) in [6.45, 7) is 3.58. The molecule has 1 heterocycles. The number of carbonyl (C=O) groups is 1. The Morgan fingerprint density at radius 3 is 2.95 bits per heavy atom. The second-order valence-electron chi connectivity index (χ2n) is 5.04. The maximum absolute atomic E-state index is 11.5. The van der Waals surface area contributed by atoms with E-state index in [0.717, 1.165) is 19.4 Å². The fraction of sp³-hybridized carbons (Fsp3) is 0.500. The Hall–Kier alpha value is -1.46. The maximum Gasteiger partial charge on any atom is 0.250 e. The number of nitrogens with one attached hydrogen (secondary N) is 1. The third kappa shape index (κ3) is 3.16. The van der Waals surface area contributed by atoms with Gasteiger partial charge in [-0.25, -0.2) is 0 Å². The predicted octanol–water partition coefficient (Wildman–Crippen LogP) is 2.25. The highest BCUT2D eigenvalue weighted by molar-refractivity contribution is 6.34. The van der Waals surface area contributed by atoms with Crippen LogP contribution in [0.4, 0.5) is 11.4 Å². The number of benzene rings is 1. The summed E-state index contributed by atoms with van der Waals surface area (Å²) < 4.78 is 5.65. The van der Waals surface area contributed by atoms with Crippen LogP contribution >= 0.6 is 11.6 Å². The zero-order chi connectivity index (χ0) is 14.7. The van der Waals surface area contributed by atoms with Crippen LogP contribution in [0.1, 0.15) is 30.1 Å². The molecule has 1 aliphatic heterocycles. The number of halogens is 1. The van der Waals surface area contributed by atoms with Gasteiger partial charge in [0.05, 0.1) is 22.4 Å². The number of nitrogen functional groups attached to an aromatic ring is 1. The van der Waals surface area contributed by atoms with Gasteiger partial charge < -0.3 is 21.5 Å². The van der Waals surface area contributed by atoms with Gasteiger partial charge in [-0.2, -0.15) is 0 Å². The minimum Gasteiger partial charge on any atom is -0.399 e. The molecule has 0 radical (unpaired) electrons. The number of ether oxygens (including phenoxy) is 1. The molecule has 110 valence electrons. The molecule has 2 unspecified atom stereocenters. The molecule has 2 rings (SSSR count). The van der Waals surface area contributed by atoms with Crippen LogP contribution in [0.2, 0.25) is 5.02 Å². The van der Waals surface area contributed by atoms with Crippen molar-refractivity contribution in [2.75, 3.05) is 24.2 Å². The monoisotopic (exact) mass is 297 g/mol. The molecule has 1 amide bonds. The van der Waals surface area contributed by atoms with Gasteiger partial charge in [-0.3, -0.25) is 4.79 Å². The van der Waals surface area contributed by atoms with E-state index in [0.29, 0.717) is 34.4 Å². The summed E-state index contributed by atoms with van der Waals surface area (Å²) >= 11 is 6.15. The standard InChI is InChI=1S/C14H20ClN3O2/c1-2-12-8(3-4-20-12)7-18-13-10(14(17)19)5-9(16)6-11(13)15/h5-6,8,12,18H,2-4,7,16H2,1H3,(H2,17,19). The molecule has 1 aromatic carbocycles. The van der Waals surface area contributed by atoms with E-state index in [2.05, 4.69) is 12.2 Å².